The second kappa shape index (κ2) is 4.37. The first-order valence-electron chi connectivity index (χ1n) is 5.21. The highest BCUT2D eigenvalue weighted by molar-refractivity contribution is 5.75. The first-order chi connectivity index (χ1) is 8.08. The molecule has 5 heteroatoms. The van der Waals surface area contributed by atoms with Gasteiger partial charge in [0.25, 0.3) is 5.89 Å². The zero-order valence-corrected chi connectivity index (χ0v) is 9.54. The standard InChI is InChI=1S/C12H12N2O3/c1-7(12(15)16)9-3-5-10(6-4-9)11-13-8(2)14-17-11/h3-7H,1-2H3,(H,15,16). The van der Waals surface area contributed by atoms with E-state index in [4.69, 9.17) is 9.63 Å². The molecular formula is C12H12N2O3. The van der Waals surface area contributed by atoms with Gasteiger partial charge in [-0.15, -0.1) is 0 Å². The van der Waals surface area contributed by atoms with E-state index in [9.17, 15) is 4.79 Å². The number of carboxylic acid groups (broad SMARTS) is 1. The van der Waals surface area contributed by atoms with E-state index in [0.29, 0.717) is 11.7 Å². The smallest absolute Gasteiger partial charge is 0.310 e. The van der Waals surface area contributed by atoms with Crippen molar-refractivity contribution in [2.45, 2.75) is 19.8 Å². The molecule has 1 N–H and O–H groups in total. The van der Waals surface area contributed by atoms with Crippen LogP contribution < -0.4 is 0 Å². The van der Waals surface area contributed by atoms with Crippen LogP contribution in [0.5, 0.6) is 0 Å². The number of hydrogen-bond donors (Lipinski definition) is 1. The van der Waals surface area contributed by atoms with Crippen molar-refractivity contribution in [1.29, 1.82) is 0 Å². The molecule has 0 bridgehead atoms. The topological polar surface area (TPSA) is 76.2 Å². The van der Waals surface area contributed by atoms with Crippen molar-refractivity contribution in [2.24, 2.45) is 0 Å². The Kier molecular flexibility index (Phi) is 2.91. The average molecular weight is 232 g/mol. The summed E-state index contributed by atoms with van der Waals surface area (Å²) in [7, 11) is 0. The van der Waals surface area contributed by atoms with Crippen molar-refractivity contribution in [2.75, 3.05) is 0 Å². The van der Waals surface area contributed by atoms with Gasteiger partial charge in [0.05, 0.1) is 5.92 Å². The van der Waals surface area contributed by atoms with Gasteiger partial charge in [0.1, 0.15) is 0 Å². The molecule has 0 aliphatic rings. The van der Waals surface area contributed by atoms with Crippen LogP contribution in [-0.4, -0.2) is 21.2 Å². The third kappa shape index (κ3) is 2.33. The number of benzene rings is 1. The molecule has 1 atom stereocenters. The Balaban J connectivity index is 2.27. The SMILES string of the molecule is Cc1noc(-c2ccc(C(C)C(=O)O)cc2)n1. The maximum atomic E-state index is 10.8. The lowest BCUT2D eigenvalue weighted by atomic mass is 10.0. The molecule has 2 rings (SSSR count). The van der Waals surface area contributed by atoms with E-state index in [-0.39, 0.29) is 0 Å². The molecule has 0 radical (unpaired) electrons. The van der Waals surface area contributed by atoms with Crippen molar-refractivity contribution in [3.05, 3.63) is 35.7 Å². The number of hydrogen-bond acceptors (Lipinski definition) is 4. The molecule has 5 nitrogen and oxygen atoms in total. The Labute approximate surface area is 98.1 Å². The van der Waals surface area contributed by atoms with Gasteiger partial charge in [-0.1, -0.05) is 17.3 Å². The predicted molar refractivity (Wildman–Crippen MR) is 60.5 cm³/mol. The second-order valence-corrected chi connectivity index (χ2v) is 3.83. The van der Waals surface area contributed by atoms with Gasteiger partial charge in [-0.25, -0.2) is 0 Å². The van der Waals surface area contributed by atoms with Crippen LogP contribution in [0.25, 0.3) is 11.5 Å². The number of aliphatic carboxylic acids is 1. The third-order valence-corrected chi connectivity index (χ3v) is 2.56. The fraction of sp³-hybridized carbons (Fsp3) is 0.250. The fourth-order valence-electron chi connectivity index (χ4n) is 1.47. The molecule has 88 valence electrons. The van der Waals surface area contributed by atoms with Crippen LogP contribution >= 0.6 is 0 Å². The highest BCUT2D eigenvalue weighted by Gasteiger charge is 2.14. The van der Waals surface area contributed by atoms with E-state index in [1.165, 1.54) is 0 Å². The zero-order chi connectivity index (χ0) is 12.4. The maximum Gasteiger partial charge on any atom is 0.310 e. The fourth-order valence-corrected chi connectivity index (χ4v) is 1.47. The summed E-state index contributed by atoms with van der Waals surface area (Å²) < 4.78 is 5.02. The lowest BCUT2D eigenvalue weighted by Crippen LogP contribution is -2.06. The summed E-state index contributed by atoms with van der Waals surface area (Å²) in [5.74, 6) is -0.347. The molecule has 1 aromatic carbocycles. The minimum atomic E-state index is -0.841. The van der Waals surface area contributed by atoms with Crippen molar-refractivity contribution < 1.29 is 14.4 Å². The molecule has 0 saturated heterocycles. The van der Waals surface area contributed by atoms with Crippen LogP contribution in [0.2, 0.25) is 0 Å². The summed E-state index contributed by atoms with van der Waals surface area (Å²) in [6.45, 7) is 3.39. The molecule has 0 amide bonds. The minimum absolute atomic E-state index is 0.442. The number of nitrogens with zero attached hydrogens (tertiary/aromatic N) is 2. The van der Waals surface area contributed by atoms with Crippen LogP contribution in [0.1, 0.15) is 24.2 Å². The lowest BCUT2D eigenvalue weighted by Gasteiger charge is -2.06. The first-order valence-corrected chi connectivity index (χ1v) is 5.21. The lowest BCUT2D eigenvalue weighted by molar-refractivity contribution is -0.138. The van der Waals surface area contributed by atoms with E-state index in [1.54, 1.807) is 38.1 Å². The molecule has 0 saturated carbocycles. The molecule has 0 fully saturated rings. The first kappa shape index (κ1) is 11.3. The van der Waals surface area contributed by atoms with Gasteiger partial charge >= 0.3 is 5.97 Å². The summed E-state index contributed by atoms with van der Waals surface area (Å²) in [6.07, 6.45) is 0. The number of rotatable bonds is 3. The predicted octanol–water partition coefficient (Wildman–Crippen LogP) is 2.23. The molecule has 1 heterocycles. The molecule has 0 aliphatic heterocycles. The molecule has 17 heavy (non-hydrogen) atoms. The molecule has 0 spiro atoms. The number of aryl methyl sites for hydroxylation is 1. The van der Waals surface area contributed by atoms with Crippen LogP contribution in [0.3, 0.4) is 0 Å². The van der Waals surface area contributed by atoms with Gasteiger partial charge in [0, 0.05) is 5.56 Å². The van der Waals surface area contributed by atoms with Crippen molar-refractivity contribution in [1.82, 2.24) is 10.1 Å². The zero-order valence-electron chi connectivity index (χ0n) is 9.54. The summed E-state index contributed by atoms with van der Waals surface area (Å²) in [4.78, 5) is 14.9. The van der Waals surface area contributed by atoms with Gasteiger partial charge in [0.15, 0.2) is 5.82 Å². The maximum absolute atomic E-state index is 10.8. The van der Waals surface area contributed by atoms with Crippen LogP contribution in [-0.2, 0) is 4.79 Å². The average Bonchev–Trinajstić information content (AvgIpc) is 2.75. The Morgan fingerprint density at radius 3 is 2.47 bits per heavy atom. The van der Waals surface area contributed by atoms with Gasteiger partial charge in [-0.2, -0.15) is 4.98 Å². The molecule has 2 aromatic rings. The summed E-state index contributed by atoms with van der Waals surface area (Å²) in [5.41, 5.74) is 1.53. The van der Waals surface area contributed by atoms with E-state index < -0.39 is 11.9 Å². The van der Waals surface area contributed by atoms with E-state index in [0.717, 1.165) is 11.1 Å². The Morgan fingerprint density at radius 2 is 2.00 bits per heavy atom. The van der Waals surface area contributed by atoms with Crippen molar-refractivity contribution >= 4 is 5.97 Å². The number of carbonyl (C=O) groups is 1. The van der Waals surface area contributed by atoms with Gasteiger partial charge in [-0.3, -0.25) is 4.79 Å². The summed E-state index contributed by atoms with van der Waals surface area (Å²) in [6, 6.07) is 7.07. The number of carboxylic acids is 1. The van der Waals surface area contributed by atoms with E-state index in [1.807, 2.05) is 0 Å². The van der Waals surface area contributed by atoms with E-state index in [2.05, 4.69) is 10.1 Å². The minimum Gasteiger partial charge on any atom is -0.481 e. The Morgan fingerprint density at radius 1 is 1.35 bits per heavy atom. The van der Waals surface area contributed by atoms with Crippen LogP contribution in [0.4, 0.5) is 0 Å². The largest absolute Gasteiger partial charge is 0.481 e. The number of aromatic nitrogens is 2. The summed E-state index contributed by atoms with van der Waals surface area (Å²) in [5, 5.41) is 12.6. The third-order valence-electron chi connectivity index (χ3n) is 2.56. The Bertz CT molecular complexity index is 531. The molecule has 1 unspecified atom stereocenters. The van der Waals surface area contributed by atoms with Crippen molar-refractivity contribution in [3.8, 4) is 11.5 Å². The quantitative estimate of drug-likeness (QED) is 0.878. The molecule has 0 aliphatic carbocycles. The van der Waals surface area contributed by atoms with E-state index >= 15 is 0 Å². The molecular weight excluding hydrogens is 220 g/mol. The Hall–Kier alpha value is -2.17. The van der Waals surface area contributed by atoms with Crippen LogP contribution in [0.15, 0.2) is 28.8 Å². The highest BCUT2D eigenvalue weighted by atomic mass is 16.5. The van der Waals surface area contributed by atoms with Crippen molar-refractivity contribution in [3.63, 3.8) is 0 Å². The van der Waals surface area contributed by atoms with Gasteiger partial charge in [-0.05, 0) is 31.5 Å². The second-order valence-electron chi connectivity index (χ2n) is 3.83. The summed E-state index contributed by atoms with van der Waals surface area (Å²) >= 11 is 0. The highest BCUT2D eigenvalue weighted by Crippen LogP contribution is 2.21. The monoisotopic (exact) mass is 232 g/mol. The normalized spacial score (nSPS) is 12.4. The molecule has 1 aromatic heterocycles. The van der Waals surface area contributed by atoms with Crippen LogP contribution in [0, 0.1) is 6.92 Å². The van der Waals surface area contributed by atoms with Gasteiger partial charge < -0.3 is 9.63 Å². The van der Waals surface area contributed by atoms with Gasteiger partial charge in [0.2, 0.25) is 0 Å².